The van der Waals surface area contributed by atoms with E-state index in [4.69, 9.17) is 0 Å². The van der Waals surface area contributed by atoms with Crippen molar-refractivity contribution in [3.05, 3.63) is 57.3 Å². The lowest BCUT2D eigenvalue weighted by molar-refractivity contribution is 0.491. The van der Waals surface area contributed by atoms with Gasteiger partial charge in [-0.3, -0.25) is 0 Å². The summed E-state index contributed by atoms with van der Waals surface area (Å²) in [5.41, 5.74) is 3.22. The van der Waals surface area contributed by atoms with Crippen molar-refractivity contribution in [1.82, 2.24) is 5.32 Å². The fraction of sp³-hybridized carbons (Fsp3) is 0.474. The van der Waals surface area contributed by atoms with E-state index in [1.54, 1.807) is 11.1 Å². The molecule has 0 spiro atoms. The fourth-order valence-corrected chi connectivity index (χ4v) is 5.47. The molecule has 0 bridgehead atoms. The Labute approximate surface area is 131 Å². The zero-order valence-electron chi connectivity index (χ0n) is 12.8. The Morgan fingerprint density at radius 1 is 1.24 bits per heavy atom. The van der Waals surface area contributed by atoms with E-state index in [9.17, 15) is 0 Å². The molecule has 2 aliphatic rings. The van der Waals surface area contributed by atoms with E-state index in [0.717, 1.165) is 24.2 Å². The van der Waals surface area contributed by atoms with E-state index in [1.165, 1.54) is 22.6 Å². The van der Waals surface area contributed by atoms with Gasteiger partial charge in [0.05, 0.1) is 0 Å². The van der Waals surface area contributed by atoms with Crippen LogP contribution in [0.5, 0.6) is 0 Å². The number of thiophene rings is 1. The fourth-order valence-electron chi connectivity index (χ4n) is 4.35. The lowest BCUT2D eigenvalue weighted by Gasteiger charge is -2.15. The minimum absolute atomic E-state index is 0.538. The highest BCUT2D eigenvalue weighted by molar-refractivity contribution is 7.12. The maximum atomic E-state index is 3.62. The Balaban J connectivity index is 1.63. The summed E-state index contributed by atoms with van der Waals surface area (Å²) in [6.45, 7) is 2.25. The quantitative estimate of drug-likeness (QED) is 0.873. The predicted molar refractivity (Wildman–Crippen MR) is 90.0 cm³/mol. The molecule has 4 rings (SSSR count). The molecule has 1 heterocycles. The van der Waals surface area contributed by atoms with Crippen molar-refractivity contribution >= 4 is 11.3 Å². The van der Waals surface area contributed by atoms with Crippen molar-refractivity contribution in [1.29, 1.82) is 0 Å². The Morgan fingerprint density at radius 3 is 2.86 bits per heavy atom. The summed E-state index contributed by atoms with van der Waals surface area (Å²) in [6.07, 6.45) is 3.80. The summed E-state index contributed by atoms with van der Waals surface area (Å²) >= 11 is 2.00. The van der Waals surface area contributed by atoms with Crippen molar-refractivity contribution in [2.75, 3.05) is 7.05 Å². The van der Waals surface area contributed by atoms with Crippen LogP contribution < -0.4 is 5.32 Å². The first-order valence-corrected chi connectivity index (χ1v) is 8.98. The summed E-state index contributed by atoms with van der Waals surface area (Å²) in [7, 11) is 2.13. The summed E-state index contributed by atoms with van der Waals surface area (Å²) in [6, 6.07) is 14.3. The van der Waals surface area contributed by atoms with E-state index in [-0.39, 0.29) is 0 Å². The van der Waals surface area contributed by atoms with Crippen LogP contribution in [0.2, 0.25) is 0 Å². The molecule has 1 nitrogen and oxygen atoms in total. The third-order valence-electron chi connectivity index (χ3n) is 5.42. The number of aryl methyl sites for hydroxylation is 2. The van der Waals surface area contributed by atoms with Crippen molar-refractivity contribution in [2.45, 2.75) is 38.1 Å². The molecule has 2 aromatic rings. The van der Waals surface area contributed by atoms with Gasteiger partial charge in [0.1, 0.15) is 0 Å². The third-order valence-corrected chi connectivity index (χ3v) is 6.74. The standard InChI is InChI=1S/C19H23NS/c1-3-13-9-11-16(21-13)19(20-2)18-15-10-8-12-6-4-5-7-14(12)17(15)18/h4-7,9,11,15,17-20H,3,8,10H2,1-2H3. The monoisotopic (exact) mass is 297 g/mol. The molecule has 21 heavy (non-hydrogen) atoms. The van der Waals surface area contributed by atoms with E-state index in [0.29, 0.717) is 6.04 Å². The highest BCUT2D eigenvalue weighted by atomic mass is 32.1. The topological polar surface area (TPSA) is 12.0 Å². The van der Waals surface area contributed by atoms with Crippen LogP contribution in [0.25, 0.3) is 0 Å². The van der Waals surface area contributed by atoms with Gasteiger partial charge in [-0.1, -0.05) is 31.2 Å². The maximum Gasteiger partial charge on any atom is 0.0449 e. The van der Waals surface area contributed by atoms with Gasteiger partial charge in [-0.25, -0.2) is 0 Å². The van der Waals surface area contributed by atoms with Crippen molar-refractivity contribution < 1.29 is 0 Å². The number of benzene rings is 1. The Morgan fingerprint density at radius 2 is 2.10 bits per heavy atom. The number of nitrogens with one attached hydrogen (secondary N) is 1. The Kier molecular flexibility index (Phi) is 3.39. The molecule has 110 valence electrons. The van der Waals surface area contributed by atoms with Crippen LogP contribution in [0.15, 0.2) is 36.4 Å². The van der Waals surface area contributed by atoms with Crippen LogP contribution in [-0.2, 0) is 12.8 Å². The predicted octanol–water partition coefficient (Wildman–Crippen LogP) is 4.55. The van der Waals surface area contributed by atoms with Gasteiger partial charge >= 0.3 is 0 Å². The van der Waals surface area contributed by atoms with E-state index >= 15 is 0 Å². The molecule has 0 amide bonds. The largest absolute Gasteiger partial charge is 0.312 e. The second-order valence-corrected chi connectivity index (χ2v) is 7.63. The third kappa shape index (κ3) is 2.16. The summed E-state index contributed by atoms with van der Waals surface area (Å²) in [5.74, 6) is 2.48. The van der Waals surface area contributed by atoms with Gasteiger partial charge in [0.25, 0.3) is 0 Å². The van der Waals surface area contributed by atoms with Crippen LogP contribution >= 0.6 is 11.3 Å². The molecular formula is C19H23NS. The van der Waals surface area contributed by atoms with Gasteiger partial charge in [0.2, 0.25) is 0 Å². The van der Waals surface area contributed by atoms with E-state index < -0.39 is 0 Å². The zero-order valence-corrected chi connectivity index (χ0v) is 13.6. The molecule has 0 saturated heterocycles. The van der Waals surface area contributed by atoms with Crippen molar-refractivity contribution in [3.63, 3.8) is 0 Å². The summed E-state index contributed by atoms with van der Waals surface area (Å²) in [5, 5.41) is 3.62. The highest BCUT2D eigenvalue weighted by Gasteiger charge is 2.56. The van der Waals surface area contributed by atoms with Gasteiger partial charge in [-0.2, -0.15) is 0 Å². The minimum atomic E-state index is 0.538. The maximum absolute atomic E-state index is 3.62. The minimum Gasteiger partial charge on any atom is -0.312 e. The van der Waals surface area contributed by atoms with Gasteiger partial charge in [-0.15, -0.1) is 11.3 Å². The van der Waals surface area contributed by atoms with Crippen LogP contribution in [0.1, 0.15) is 46.2 Å². The molecule has 0 radical (unpaired) electrons. The summed E-state index contributed by atoms with van der Waals surface area (Å²) < 4.78 is 0. The molecule has 1 aromatic carbocycles. The molecular weight excluding hydrogens is 274 g/mol. The Bertz CT molecular complexity index is 645. The first kappa shape index (κ1) is 13.5. The first-order valence-electron chi connectivity index (χ1n) is 8.17. The molecule has 1 saturated carbocycles. The smallest absolute Gasteiger partial charge is 0.0449 e. The van der Waals surface area contributed by atoms with Gasteiger partial charge in [0.15, 0.2) is 0 Å². The Hall–Kier alpha value is -1.12. The second-order valence-electron chi connectivity index (χ2n) is 6.43. The first-order chi connectivity index (χ1) is 10.3. The molecule has 2 aliphatic carbocycles. The van der Waals surface area contributed by atoms with E-state index in [1.807, 2.05) is 11.3 Å². The molecule has 4 atom stereocenters. The second kappa shape index (κ2) is 5.26. The highest BCUT2D eigenvalue weighted by Crippen LogP contribution is 2.64. The van der Waals surface area contributed by atoms with Gasteiger partial charge in [-0.05, 0) is 67.3 Å². The van der Waals surface area contributed by atoms with Gasteiger partial charge < -0.3 is 5.32 Å². The van der Waals surface area contributed by atoms with Crippen LogP contribution in [0, 0.1) is 11.8 Å². The molecule has 1 N–H and O–H groups in total. The molecule has 4 unspecified atom stereocenters. The molecule has 1 fully saturated rings. The van der Waals surface area contributed by atoms with Gasteiger partial charge in [0, 0.05) is 15.8 Å². The number of rotatable bonds is 4. The average Bonchev–Trinajstić information content (AvgIpc) is 3.06. The van der Waals surface area contributed by atoms with Crippen molar-refractivity contribution in [2.24, 2.45) is 11.8 Å². The van der Waals surface area contributed by atoms with Crippen LogP contribution in [0.3, 0.4) is 0 Å². The number of hydrogen-bond acceptors (Lipinski definition) is 2. The van der Waals surface area contributed by atoms with Crippen molar-refractivity contribution in [3.8, 4) is 0 Å². The lowest BCUT2D eigenvalue weighted by atomic mass is 9.92. The number of hydrogen-bond donors (Lipinski definition) is 1. The van der Waals surface area contributed by atoms with Crippen LogP contribution in [0.4, 0.5) is 0 Å². The molecule has 1 aromatic heterocycles. The zero-order chi connectivity index (χ0) is 14.4. The normalized spacial score (nSPS) is 27.8. The SMILES string of the molecule is CCc1ccc(C(NC)C2C3CCc4ccccc4C32)s1. The number of fused-ring (bicyclic) bond motifs is 3. The average molecular weight is 297 g/mol. The van der Waals surface area contributed by atoms with E-state index in [2.05, 4.69) is 55.7 Å². The lowest BCUT2D eigenvalue weighted by Crippen LogP contribution is -2.18. The van der Waals surface area contributed by atoms with Crippen LogP contribution in [-0.4, -0.2) is 7.05 Å². The molecule has 2 heteroatoms. The summed E-state index contributed by atoms with van der Waals surface area (Å²) in [4.78, 5) is 3.04. The molecule has 0 aliphatic heterocycles.